The van der Waals surface area contributed by atoms with E-state index in [9.17, 15) is 0 Å². The van der Waals surface area contributed by atoms with E-state index in [0.29, 0.717) is 11.5 Å². The quantitative estimate of drug-likeness (QED) is 0.752. The molecule has 1 aliphatic carbocycles. The second kappa shape index (κ2) is 5.82. The van der Waals surface area contributed by atoms with Crippen LogP contribution in [0.5, 0.6) is 0 Å². The number of hydrogen-bond acceptors (Lipinski definition) is 2. The normalized spacial score (nSPS) is 23.8. The summed E-state index contributed by atoms with van der Waals surface area (Å²) < 4.78 is 0. The van der Waals surface area contributed by atoms with Crippen LogP contribution in [-0.2, 0) is 11.8 Å². The standard InChI is InChI=1S/C20H23N3/c1-20(17-5-3-2-4-6-17)12-18(13-20)21-10-9-15-7-8-16-14-22-23-19(16)11-15/h2-8,11,14,18,21H,9-10,12-13H2,1H3,(H,22,23). The Kier molecular flexibility index (Phi) is 3.66. The van der Waals surface area contributed by atoms with Gasteiger partial charge in [-0.25, -0.2) is 0 Å². The lowest BCUT2D eigenvalue weighted by molar-refractivity contribution is 0.191. The van der Waals surface area contributed by atoms with Crippen LogP contribution in [0.15, 0.2) is 54.7 Å². The molecule has 3 aromatic rings. The molecule has 1 fully saturated rings. The number of fused-ring (bicyclic) bond motifs is 1. The molecule has 0 aliphatic heterocycles. The molecule has 118 valence electrons. The van der Waals surface area contributed by atoms with E-state index < -0.39 is 0 Å². The van der Waals surface area contributed by atoms with Crippen molar-refractivity contribution in [3.63, 3.8) is 0 Å². The van der Waals surface area contributed by atoms with Gasteiger partial charge in [-0.2, -0.15) is 5.10 Å². The number of benzene rings is 2. The Morgan fingerprint density at radius 2 is 2.00 bits per heavy atom. The SMILES string of the molecule is CC1(c2ccccc2)CC(NCCc2ccc3cn[nH]c3c2)C1. The summed E-state index contributed by atoms with van der Waals surface area (Å²) in [4.78, 5) is 0. The van der Waals surface area contributed by atoms with Crippen LogP contribution in [0.25, 0.3) is 10.9 Å². The van der Waals surface area contributed by atoms with E-state index in [1.165, 1.54) is 29.4 Å². The minimum absolute atomic E-state index is 0.355. The average molecular weight is 305 g/mol. The average Bonchev–Trinajstić information content (AvgIpc) is 3.01. The topological polar surface area (TPSA) is 40.7 Å². The van der Waals surface area contributed by atoms with Crippen molar-refractivity contribution < 1.29 is 0 Å². The lowest BCUT2D eigenvalue weighted by Gasteiger charge is -2.46. The Morgan fingerprint density at radius 1 is 1.17 bits per heavy atom. The molecule has 2 aromatic carbocycles. The van der Waals surface area contributed by atoms with Crippen LogP contribution in [0.1, 0.15) is 30.9 Å². The van der Waals surface area contributed by atoms with E-state index >= 15 is 0 Å². The second-order valence-electron chi connectivity index (χ2n) is 7.03. The molecule has 0 unspecified atom stereocenters. The Labute approximate surface area is 137 Å². The molecule has 1 aliphatic rings. The zero-order chi connectivity index (χ0) is 15.7. The highest BCUT2D eigenvalue weighted by atomic mass is 15.1. The Balaban J connectivity index is 1.28. The molecule has 2 N–H and O–H groups in total. The van der Waals surface area contributed by atoms with Crippen molar-refractivity contribution in [1.82, 2.24) is 15.5 Å². The highest BCUT2D eigenvalue weighted by Gasteiger charge is 2.40. The van der Waals surface area contributed by atoms with E-state index in [1.54, 1.807) is 0 Å². The van der Waals surface area contributed by atoms with E-state index in [-0.39, 0.29) is 0 Å². The molecular formula is C20H23N3. The monoisotopic (exact) mass is 305 g/mol. The molecule has 1 saturated carbocycles. The first-order valence-corrected chi connectivity index (χ1v) is 8.44. The molecule has 4 rings (SSSR count). The predicted octanol–water partition coefficient (Wildman–Crippen LogP) is 3.82. The van der Waals surface area contributed by atoms with Crippen LogP contribution in [0.4, 0.5) is 0 Å². The first-order valence-electron chi connectivity index (χ1n) is 8.44. The lowest BCUT2D eigenvalue weighted by atomic mass is 9.63. The van der Waals surface area contributed by atoms with Gasteiger partial charge in [-0.05, 0) is 48.4 Å². The molecule has 3 nitrogen and oxygen atoms in total. The van der Waals surface area contributed by atoms with Crippen molar-refractivity contribution in [2.24, 2.45) is 0 Å². The van der Waals surface area contributed by atoms with E-state index in [0.717, 1.165) is 18.5 Å². The smallest absolute Gasteiger partial charge is 0.0653 e. The van der Waals surface area contributed by atoms with E-state index in [1.807, 2.05) is 6.20 Å². The maximum atomic E-state index is 4.08. The van der Waals surface area contributed by atoms with Gasteiger partial charge in [0.15, 0.2) is 0 Å². The Hall–Kier alpha value is -2.13. The zero-order valence-corrected chi connectivity index (χ0v) is 13.5. The summed E-state index contributed by atoms with van der Waals surface area (Å²) in [5.74, 6) is 0. The fraction of sp³-hybridized carbons (Fsp3) is 0.350. The van der Waals surface area contributed by atoms with Gasteiger partial charge in [0.2, 0.25) is 0 Å². The number of nitrogens with one attached hydrogen (secondary N) is 2. The second-order valence-corrected chi connectivity index (χ2v) is 7.03. The van der Waals surface area contributed by atoms with Gasteiger partial charge in [-0.15, -0.1) is 0 Å². The maximum absolute atomic E-state index is 4.08. The van der Waals surface area contributed by atoms with Gasteiger partial charge >= 0.3 is 0 Å². The Morgan fingerprint density at radius 3 is 2.83 bits per heavy atom. The molecule has 0 bridgehead atoms. The van der Waals surface area contributed by atoms with Crippen LogP contribution in [0, 0.1) is 0 Å². The van der Waals surface area contributed by atoms with Gasteiger partial charge in [0.05, 0.1) is 11.7 Å². The maximum Gasteiger partial charge on any atom is 0.0653 e. The lowest BCUT2D eigenvalue weighted by Crippen LogP contribution is -2.50. The number of H-pyrrole nitrogens is 1. The predicted molar refractivity (Wildman–Crippen MR) is 94.6 cm³/mol. The van der Waals surface area contributed by atoms with Crippen LogP contribution in [-0.4, -0.2) is 22.8 Å². The summed E-state index contributed by atoms with van der Waals surface area (Å²) in [6, 6.07) is 18.1. The summed E-state index contributed by atoms with van der Waals surface area (Å²) in [5.41, 5.74) is 4.32. The fourth-order valence-corrected chi connectivity index (χ4v) is 3.81. The zero-order valence-electron chi connectivity index (χ0n) is 13.5. The minimum atomic E-state index is 0.355. The number of nitrogens with zero attached hydrogens (tertiary/aromatic N) is 1. The highest BCUT2D eigenvalue weighted by Crippen LogP contribution is 2.43. The molecule has 1 aromatic heterocycles. The van der Waals surface area contributed by atoms with Crippen molar-refractivity contribution in [1.29, 1.82) is 0 Å². The van der Waals surface area contributed by atoms with Crippen LogP contribution in [0.3, 0.4) is 0 Å². The summed E-state index contributed by atoms with van der Waals surface area (Å²) in [7, 11) is 0. The van der Waals surface area contributed by atoms with Crippen LogP contribution >= 0.6 is 0 Å². The number of rotatable bonds is 5. The molecule has 3 heteroatoms. The number of hydrogen-bond donors (Lipinski definition) is 2. The third kappa shape index (κ3) is 2.89. The highest BCUT2D eigenvalue weighted by molar-refractivity contribution is 5.78. The molecule has 1 heterocycles. The molecule has 0 radical (unpaired) electrons. The minimum Gasteiger partial charge on any atom is -0.314 e. The fourth-order valence-electron chi connectivity index (χ4n) is 3.81. The van der Waals surface area contributed by atoms with Crippen molar-refractivity contribution in [3.8, 4) is 0 Å². The summed E-state index contributed by atoms with van der Waals surface area (Å²) >= 11 is 0. The molecule has 23 heavy (non-hydrogen) atoms. The van der Waals surface area contributed by atoms with Gasteiger partial charge < -0.3 is 5.32 Å². The third-order valence-electron chi connectivity index (χ3n) is 5.22. The van der Waals surface area contributed by atoms with Crippen molar-refractivity contribution in [3.05, 3.63) is 65.9 Å². The van der Waals surface area contributed by atoms with Crippen LogP contribution in [0.2, 0.25) is 0 Å². The van der Waals surface area contributed by atoms with Gasteiger partial charge in [-0.1, -0.05) is 49.4 Å². The van der Waals surface area contributed by atoms with Crippen molar-refractivity contribution in [2.75, 3.05) is 6.54 Å². The molecule has 0 amide bonds. The van der Waals surface area contributed by atoms with Gasteiger partial charge in [-0.3, -0.25) is 5.10 Å². The van der Waals surface area contributed by atoms with E-state index in [4.69, 9.17) is 0 Å². The van der Waals surface area contributed by atoms with Gasteiger partial charge in [0.25, 0.3) is 0 Å². The largest absolute Gasteiger partial charge is 0.314 e. The molecule has 0 saturated heterocycles. The Bertz CT molecular complexity index is 785. The third-order valence-corrected chi connectivity index (χ3v) is 5.22. The van der Waals surface area contributed by atoms with Crippen molar-refractivity contribution >= 4 is 10.9 Å². The first kappa shape index (κ1) is 14.5. The molecule has 0 spiro atoms. The first-order chi connectivity index (χ1) is 11.2. The van der Waals surface area contributed by atoms with Gasteiger partial charge in [0.1, 0.15) is 0 Å². The van der Waals surface area contributed by atoms with Crippen LogP contribution < -0.4 is 5.32 Å². The summed E-state index contributed by atoms with van der Waals surface area (Å²) in [5, 5.41) is 12.0. The van der Waals surface area contributed by atoms with Gasteiger partial charge in [0, 0.05) is 11.4 Å². The molecule has 0 atom stereocenters. The molecular weight excluding hydrogens is 282 g/mol. The van der Waals surface area contributed by atoms with E-state index in [2.05, 4.69) is 71.0 Å². The summed E-state index contributed by atoms with van der Waals surface area (Å²) in [6.07, 6.45) is 5.40. The van der Waals surface area contributed by atoms with Crippen molar-refractivity contribution in [2.45, 2.75) is 37.6 Å². The summed E-state index contributed by atoms with van der Waals surface area (Å²) in [6.45, 7) is 3.42. The number of aromatic amines is 1. The number of aromatic nitrogens is 2.